The van der Waals surface area contributed by atoms with Gasteiger partial charge in [-0.15, -0.1) is 12.4 Å². The molecule has 6 heteroatoms. The maximum atomic E-state index is 12.6. The van der Waals surface area contributed by atoms with Crippen LogP contribution < -0.4 is 5.73 Å². The Labute approximate surface area is 116 Å². The number of phenolic OH excluding ortho intramolecular Hbond substituents is 1. The van der Waals surface area contributed by atoms with Gasteiger partial charge in [0.1, 0.15) is 5.75 Å². The largest absolute Gasteiger partial charge is 0.508 e. The van der Waals surface area contributed by atoms with Gasteiger partial charge in [-0.3, -0.25) is 0 Å². The second kappa shape index (κ2) is 6.01. The van der Waals surface area contributed by atoms with E-state index in [2.05, 4.69) is 0 Å². The van der Waals surface area contributed by atoms with Crippen LogP contribution in [0.2, 0.25) is 0 Å². The number of rotatable bonds is 2. The number of hydrogen-bond donors (Lipinski definition) is 2. The summed E-state index contributed by atoms with van der Waals surface area (Å²) in [5.74, 6) is 0.0155. The predicted molar refractivity (Wildman–Crippen MR) is 69.2 cm³/mol. The monoisotopic (exact) mass is 295 g/mol. The third-order valence-electron chi connectivity index (χ3n) is 3.62. The molecule has 1 atom stereocenters. The Morgan fingerprint density at radius 3 is 2.32 bits per heavy atom. The van der Waals surface area contributed by atoms with Gasteiger partial charge in [-0.05, 0) is 37.0 Å². The summed E-state index contributed by atoms with van der Waals surface area (Å²) < 4.78 is 37.9. The number of benzene rings is 1. The standard InChI is InChI=1S/C13H16F3NO.ClH/c14-13(15,16)9-5-6-11(18)10(7-9)12(17)8-3-1-2-4-8;/h5-8,12,18H,1-4,17H2;1H/t12-;/m1./s1. The second-order valence-corrected chi connectivity index (χ2v) is 4.84. The molecule has 0 spiro atoms. The highest BCUT2D eigenvalue weighted by Gasteiger charge is 2.33. The van der Waals surface area contributed by atoms with Gasteiger partial charge in [-0.1, -0.05) is 12.8 Å². The third kappa shape index (κ3) is 3.54. The molecule has 0 aromatic heterocycles. The summed E-state index contributed by atoms with van der Waals surface area (Å²) in [6, 6.07) is 2.40. The zero-order valence-electron chi connectivity index (χ0n) is 10.3. The summed E-state index contributed by atoms with van der Waals surface area (Å²) in [5, 5.41) is 9.68. The Bertz CT molecular complexity index is 430. The van der Waals surface area contributed by atoms with Gasteiger partial charge in [0.25, 0.3) is 0 Å². The molecule has 1 aliphatic carbocycles. The minimum absolute atomic E-state index is 0. The first-order valence-corrected chi connectivity index (χ1v) is 6.05. The van der Waals surface area contributed by atoms with Crippen molar-refractivity contribution in [1.82, 2.24) is 0 Å². The molecule has 0 amide bonds. The number of aromatic hydroxyl groups is 1. The van der Waals surface area contributed by atoms with Gasteiger partial charge in [0.05, 0.1) is 5.56 Å². The van der Waals surface area contributed by atoms with Crippen LogP contribution in [0.15, 0.2) is 18.2 Å². The molecule has 0 heterocycles. The fourth-order valence-electron chi connectivity index (χ4n) is 2.57. The molecular formula is C13H17ClF3NO. The number of alkyl halides is 3. The summed E-state index contributed by atoms with van der Waals surface area (Å²) in [7, 11) is 0. The molecule has 19 heavy (non-hydrogen) atoms. The van der Waals surface area contributed by atoms with Crippen LogP contribution in [0.3, 0.4) is 0 Å². The van der Waals surface area contributed by atoms with Gasteiger partial charge < -0.3 is 10.8 Å². The highest BCUT2D eigenvalue weighted by Crippen LogP contribution is 2.39. The second-order valence-electron chi connectivity index (χ2n) is 4.84. The average Bonchev–Trinajstić information content (AvgIpc) is 2.80. The molecule has 0 aliphatic heterocycles. The Morgan fingerprint density at radius 1 is 1.21 bits per heavy atom. The summed E-state index contributed by atoms with van der Waals surface area (Å²) in [5.41, 5.74) is 5.43. The fourth-order valence-corrected chi connectivity index (χ4v) is 2.57. The van der Waals surface area contributed by atoms with Gasteiger partial charge >= 0.3 is 6.18 Å². The summed E-state index contributed by atoms with van der Waals surface area (Å²) in [4.78, 5) is 0. The Balaban J connectivity index is 0.00000180. The fraction of sp³-hybridized carbons (Fsp3) is 0.538. The minimum Gasteiger partial charge on any atom is -0.508 e. The van der Waals surface area contributed by atoms with E-state index in [0.717, 1.165) is 43.9 Å². The highest BCUT2D eigenvalue weighted by molar-refractivity contribution is 5.85. The smallest absolute Gasteiger partial charge is 0.416 e. The zero-order chi connectivity index (χ0) is 13.3. The van der Waals surface area contributed by atoms with Gasteiger partial charge in [0.15, 0.2) is 0 Å². The van der Waals surface area contributed by atoms with Crippen LogP contribution in [0.1, 0.15) is 42.9 Å². The van der Waals surface area contributed by atoms with Crippen LogP contribution in [0.5, 0.6) is 5.75 Å². The molecular weight excluding hydrogens is 279 g/mol. The van der Waals surface area contributed by atoms with E-state index >= 15 is 0 Å². The summed E-state index contributed by atoms with van der Waals surface area (Å²) in [6.07, 6.45) is -0.471. The molecule has 3 N–H and O–H groups in total. The van der Waals surface area contributed by atoms with Crippen LogP contribution in [-0.2, 0) is 6.18 Å². The van der Waals surface area contributed by atoms with E-state index in [0.29, 0.717) is 0 Å². The maximum Gasteiger partial charge on any atom is 0.416 e. The van der Waals surface area contributed by atoms with Gasteiger partial charge in [0, 0.05) is 11.6 Å². The Morgan fingerprint density at radius 2 is 1.79 bits per heavy atom. The number of halogens is 4. The van der Waals surface area contributed by atoms with Crippen LogP contribution in [-0.4, -0.2) is 5.11 Å². The van der Waals surface area contributed by atoms with E-state index < -0.39 is 17.8 Å². The SMILES string of the molecule is Cl.N[C@@H](c1cc(C(F)(F)F)ccc1O)C1CCCC1. The Hall–Kier alpha value is -0.940. The average molecular weight is 296 g/mol. The van der Waals surface area contributed by atoms with Crippen LogP contribution in [0, 0.1) is 5.92 Å². The minimum atomic E-state index is -4.40. The lowest BCUT2D eigenvalue weighted by Gasteiger charge is -2.21. The van der Waals surface area contributed by atoms with Crippen molar-refractivity contribution in [3.8, 4) is 5.75 Å². The predicted octanol–water partition coefficient (Wildman–Crippen LogP) is 4.02. The van der Waals surface area contributed by atoms with Crippen molar-refractivity contribution in [3.63, 3.8) is 0 Å². The quantitative estimate of drug-likeness (QED) is 0.865. The molecule has 1 aromatic rings. The van der Waals surface area contributed by atoms with E-state index in [4.69, 9.17) is 5.73 Å². The van der Waals surface area contributed by atoms with E-state index in [1.54, 1.807) is 0 Å². The van der Waals surface area contributed by atoms with E-state index in [1.165, 1.54) is 0 Å². The summed E-state index contributed by atoms with van der Waals surface area (Å²) in [6.45, 7) is 0. The number of nitrogens with two attached hydrogens (primary N) is 1. The topological polar surface area (TPSA) is 46.2 Å². The Kier molecular flexibility index (Phi) is 5.10. The van der Waals surface area contributed by atoms with Gasteiger partial charge in [-0.2, -0.15) is 13.2 Å². The van der Waals surface area contributed by atoms with Crippen molar-refractivity contribution in [3.05, 3.63) is 29.3 Å². The normalized spacial score (nSPS) is 18.1. The van der Waals surface area contributed by atoms with Crippen molar-refractivity contribution in [2.75, 3.05) is 0 Å². The molecule has 108 valence electrons. The van der Waals surface area contributed by atoms with E-state index in [9.17, 15) is 18.3 Å². The third-order valence-corrected chi connectivity index (χ3v) is 3.62. The molecule has 0 saturated heterocycles. The molecule has 1 aliphatic rings. The molecule has 2 nitrogen and oxygen atoms in total. The summed E-state index contributed by atoms with van der Waals surface area (Å²) >= 11 is 0. The van der Waals surface area contributed by atoms with Crippen LogP contribution >= 0.6 is 12.4 Å². The number of hydrogen-bond acceptors (Lipinski definition) is 2. The van der Waals surface area contributed by atoms with Crippen molar-refractivity contribution < 1.29 is 18.3 Å². The molecule has 1 saturated carbocycles. The molecule has 1 fully saturated rings. The van der Waals surface area contributed by atoms with Crippen molar-refractivity contribution in [2.24, 2.45) is 11.7 Å². The molecule has 2 rings (SSSR count). The molecule has 0 unspecified atom stereocenters. The molecule has 0 radical (unpaired) electrons. The lowest BCUT2D eigenvalue weighted by atomic mass is 9.91. The van der Waals surface area contributed by atoms with Gasteiger partial charge in [-0.25, -0.2) is 0 Å². The van der Waals surface area contributed by atoms with E-state index in [-0.39, 0.29) is 29.6 Å². The van der Waals surface area contributed by atoms with Crippen LogP contribution in [0.25, 0.3) is 0 Å². The van der Waals surface area contributed by atoms with E-state index in [1.807, 2.05) is 0 Å². The lowest BCUT2D eigenvalue weighted by Crippen LogP contribution is -2.20. The van der Waals surface area contributed by atoms with Crippen molar-refractivity contribution >= 4 is 12.4 Å². The first kappa shape index (κ1) is 16.1. The molecule has 0 bridgehead atoms. The zero-order valence-corrected chi connectivity index (χ0v) is 11.1. The highest BCUT2D eigenvalue weighted by atomic mass is 35.5. The molecule has 1 aromatic carbocycles. The van der Waals surface area contributed by atoms with Crippen LogP contribution in [0.4, 0.5) is 13.2 Å². The maximum absolute atomic E-state index is 12.6. The first-order valence-electron chi connectivity index (χ1n) is 6.05. The lowest BCUT2D eigenvalue weighted by molar-refractivity contribution is -0.137. The van der Waals surface area contributed by atoms with Gasteiger partial charge in [0.2, 0.25) is 0 Å². The van der Waals surface area contributed by atoms with Crippen molar-refractivity contribution in [1.29, 1.82) is 0 Å². The van der Waals surface area contributed by atoms with Crippen molar-refractivity contribution in [2.45, 2.75) is 37.9 Å². The number of phenols is 1. The first-order chi connectivity index (χ1) is 8.39.